The van der Waals surface area contributed by atoms with E-state index in [9.17, 15) is 4.79 Å². The number of amides is 1. The van der Waals surface area contributed by atoms with Crippen molar-refractivity contribution in [3.63, 3.8) is 0 Å². The third-order valence-corrected chi connectivity index (χ3v) is 3.71. The van der Waals surface area contributed by atoms with E-state index in [4.69, 9.17) is 4.42 Å². The largest absolute Gasteiger partial charge is 0.467 e. The van der Waals surface area contributed by atoms with Crippen LogP contribution in [0.25, 0.3) is 16.3 Å². The van der Waals surface area contributed by atoms with Gasteiger partial charge in [-0.3, -0.25) is 4.79 Å². The van der Waals surface area contributed by atoms with Crippen molar-refractivity contribution >= 4 is 33.5 Å². The second-order valence-electron chi connectivity index (χ2n) is 4.15. The van der Waals surface area contributed by atoms with E-state index in [2.05, 4.69) is 10.3 Å². The molecule has 1 amide bonds. The molecule has 0 saturated carbocycles. The molecule has 0 saturated heterocycles. The summed E-state index contributed by atoms with van der Waals surface area (Å²) in [7, 11) is 0. The Labute approximate surface area is 119 Å². The number of carbonyl (C=O) groups is 1. The summed E-state index contributed by atoms with van der Waals surface area (Å²) in [4.78, 5) is 16.1. The molecule has 0 fully saturated rings. The maximum atomic E-state index is 11.7. The van der Waals surface area contributed by atoms with Crippen LogP contribution in [0.1, 0.15) is 10.8 Å². The topological polar surface area (TPSA) is 55.1 Å². The quantitative estimate of drug-likeness (QED) is 0.748. The van der Waals surface area contributed by atoms with Crippen LogP contribution in [0.5, 0.6) is 0 Å². The second kappa shape index (κ2) is 5.71. The predicted octanol–water partition coefficient (Wildman–Crippen LogP) is 3.22. The van der Waals surface area contributed by atoms with Crippen molar-refractivity contribution in [3.8, 4) is 0 Å². The Morgan fingerprint density at radius 1 is 1.30 bits per heavy atom. The van der Waals surface area contributed by atoms with E-state index in [-0.39, 0.29) is 5.91 Å². The highest BCUT2D eigenvalue weighted by Gasteiger charge is 2.01. The lowest BCUT2D eigenvalue weighted by atomic mass is 10.3. The van der Waals surface area contributed by atoms with Gasteiger partial charge in [0.15, 0.2) is 0 Å². The first-order valence-electron chi connectivity index (χ1n) is 6.15. The summed E-state index contributed by atoms with van der Waals surface area (Å²) in [6, 6.07) is 11.5. The Kier molecular flexibility index (Phi) is 3.60. The fourth-order valence-electron chi connectivity index (χ4n) is 1.75. The smallest absolute Gasteiger partial charge is 0.244 e. The van der Waals surface area contributed by atoms with Crippen LogP contribution in [0.15, 0.2) is 53.2 Å². The minimum Gasteiger partial charge on any atom is -0.467 e. The molecular weight excluding hydrogens is 272 g/mol. The Morgan fingerprint density at radius 2 is 2.20 bits per heavy atom. The number of fused-ring (bicyclic) bond motifs is 1. The summed E-state index contributed by atoms with van der Waals surface area (Å²) in [6.45, 7) is 0.385. The van der Waals surface area contributed by atoms with Gasteiger partial charge in [-0.05, 0) is 30.3 Å². The molecule has 0 aliphatic heterocycles. The standard InChI is InChI=1S/C15H12N2O2S/c18-14(16-10-11-4-3-9-19-11)7-8-15-17-12-5-1-2-6-13(12)20-15/h1-9H,10H2,(H,16,18). The summed E-state index contributed by atoms with van der Waals surface area (Å²) in [6.07, 6.45) is 4.79. The number of hydrogen-bond donors (Lipinski definition) is 1. The summed E-state index contributed by atoms with van der Waals surface area (Å²) < 4.78 is 6.25. The predicted molar refractivity (Wildman–Crippen MR) is 79.2 cm³/mol. The van der Waals surface area contributed by atoms with Crippen molar-refractivity contribution in [3.05, 3.63) is 59.5 Å². The molecule has 3 rings (SSSR count). The minimum absolute atomic E-state index is 0.166. The van der Waals surface area contributed by atoms with Gasteiger partial charge in [0.1, 0.15) is 10.8 Å². The molecule has 0 unspecified atom stereocenters. The Balaban J connectivity index is 1.62. The van der Waals surface area contributed by atoms with E-state index >= 15 is 0 Å². The molecule has 0 aliphatic carbocycles. The van der Waals surface area contributed by atoms with Gasteiger partial charge in [-0.2, -0.15) is 0 Å². The Morgan fingerprint density at radius 3 is 3.00 bits per heavy atom. The van der Waals surface area contributed by atoms with Gasteiger partial charge in [0, 0.05) is 6.08 Å². The summed E-state index contributed by atoms with van der Waals surface area (Å²) >= 11 is 1.56. The number of nitrogens with one attached hydrogen (secondary N) is 1. The van der Waals surface area contributed by atoms with Crippen molar-refractivity contribution in [2.24, 2.45) is 0 Å². The van der Waals surface area contributed by atoms with Gasteiger partial charge in [0.25, 0.3) is 0 Å². The number of aromatic nitrogens is 1. The van der Waals surface area contributed by atoms with Crippen LogP contribution in [0.3, 0.4) is 0 Å². The second-order valence-corrected chi connectivity index (χ2v) is 5.21. The van der Waals surface area contributed by atoms with E-state index in [1.54, 1.807) is 29.7 Å². The first-order chi connectivity index (χ1) is 9.81. The van der Waals surface area contributed by atoms with Gasteiger partial charge in [0.2, 0.25) is 5.91 Å². The molecule has 1 aromatic carbocycles. The molecule has 2 aromatic heterocycles. The molecule has 0 radical (unpaired) electrons. The van der Waals surface area contributed by atoms with Crippen molar-refractivity contribution in [2.45, 2.75) is 6.54 Å². The van der Waals surface area contributed by atoms with Crippen LogP contribution in [0, 0.1) is 0 Å². The van der Waals surface area contributed by atoms with Gasteiger partial charge in [-0.25, -0.2) is 4.98 Å². The van der Waals surface area contributed by atoms with Crippen LogP contribution in [0.2, 0.25) is 0 Å². The van der Waals surface area contributed by atoms with E-state index in [0.717, 1.165) is 21.0 Å². The third kappa shape index (κ3) is 2.95. The number of thiazole rings is 1. The van der Waals surface area contributed by atoms with Crippen molar-refractivity contribution in [1.29, 1.82) is 0 Å². The molecule has 4 nitrogen and oxygen atoms in total. The maximum absolute atomic E-state index is 11.7. The average molecular weight is 284 g/mol. The summed E-state index contributed by atoms with van der Waals surface area (Å²) in [5, 5.41) is 3.57. The maximum Gasteiger partial charge on any atom is 0.244 e. The Bertz CT molecular complexity index is 711. The van der Waals surface area contributed by atoms with Crippen molar-refractivity contribution in [1.82, 2.24) is 10.3 Å². The van der Waals surface area contributed by atoms with Gasteiger partial charge >= 0.3 is 0 Å². The average Bonchev–Trinajstić information content (AvgIpc) is 3.11. The van der Waals surface area contributed by atoms with Crippen molar-refractivity contribution < 1.29 is 9.21 Å². The number of furan rings is 1. The van der Waals surface area contributed by atoms with Crippen LogP contribution in [0.4, 0.5) is 0 Å². The number of para-hydroxylation sites is 1. The molecule has 1 N–H and O–H groups in total. The molecule has 3 aromatic rings. The van der Waals surface area contributed by atoms with Crippen molar-refractivity contribution in [2.75, 3.05) is 0 Å². The number of rotatable bonds is 4. The van der Waals surface area contributed by atoms with Crippen LogP contribution in [-0.4, -0.2) is 10.9 Å². The Hall–Kier alpha value is -2.40. The molecule has 2 heterocycles. The molecule has 20 heavy (non-hydrogen) atoms. The number of benzene rings is 1. The monoisotopic (exact) mass is 284 g/mol. The van der Waals surface area contributed by atoms with Crippen LogP contribution < -0.4 is 5.32 Å². The molecule has 0 bridgehead atoms. The number of carbonyl (C=O) groups excluding carboxylic acids is 1. The molecular formula is C15H12N2O2S. The zero-order valence-electron chi connectivity index (χ0n) is 10.6. The van der Waals surface area contributed by atoms with E-state index < -0.39 is 0 Å². The normalized spacial score (nSPS) is 11.2. The third-order valence-electron chi connectivity index (χ3n) is 2.70. The fraction of sp³-hybridized carbons (Fsp3) is 0.0667. The number of nitrogens with zero attached hydrogens (tertiary/aromatic N) is 1. The highest BCUT2D eigenvalue weighted by Crippen LogP contribution is 2.22. The molecule has 0 atom stereocenters. The van der Waals surface area contributed by atoms with Gasteiger partial charge in [0.05, 0.1) is 23.0 Å². The van der Waals surface area contributed by atoms with E-state index in [0.29, 0.717) is 6.54 Å². The lowest BCUT2D eigenvalue weighted by Crippen LogP contribution is -2.19. The van der Waals surface area contributed by atoms with Crippen LogP contribution >= 0.6 is 11.3 Å². The van der Waals surface area contributed by atoms with E-state index in [1.165, 1.54) is 6.08 Å². The van der Waals surface area contributed by atoms with Gasteiger partial charge in [-0.1, -0.05) is 12.1 Å². The van der Waals surface area contributed by atoms with Gasteiger partial charge < -0.3 is 9.73 Å². The minimum atomic E-state index is -0.166. The zero-order chi connectivity index (χ0) is 13.8. The lowest BCUT2D eigenvalue weighted by Gasteiger charge is -1.97. The molecule has 5 heteroatoms. The molecule has 0 aliphatic rings. The zero-order valence-corrected chi connectivity index (χ0v) is 11.4. The highest BCUT2D eigenvalue weighted by atomic mass is 32.1. The lowest BCUT2D eigenvalue weighted by molar-refractivity contribution is -0.116. The summed E-state index contributed by atoms with van der Waals surface area (Å²) in [5.41, 5.74) is 0.952. The highest BCUT2D eigenvalue weighted by molar-refractivity contribution is 7.19. The number of hydrogen-bond acceptors (Lipinski definition) is 4. The SMILES string of the molecule is O=C(C=Cc1nc2ccccc2s1)NCc1ccco1. The molecule has 100 valence electrons. The fourth-order valence-corrected chi connectivity index (χ4v) is 2.62. The first-order valence-corrected chi connectivity index (χ1v) is 6.97. The van der Waals surface area contributed by atoms with Crippen LogP contribution in [-0.2, 0) is 11.3 Å². The van der Waals surface area contributed by atoms with E-state index in [1.807, 2.05) is 30.3 Å². The first kappa shape index (κ1) is 12.6. The van der Waals surface area contributed by atoms with Gasteiger partial charge in [-0.15, -0.1) is 11.3 Å². The summed E-state index contributed by atoms with van der Waals surface area (Å²) in [5.74, 6) is 0.562. The molecule has 0 spiro atoms.